The predicted molar refractivity (Wildman–Crippen MR) is 559 cm³/mol. The van der Waals surface area contributed by atoms with E-state index < -0.39 is 69.6 Å². The molecule has 9 aliphatic carbocycles. The molecule has 25 rings (SSSR count). The van der Waals surface area contributed by atoms with Crippen LogP contribution in [-0.2, 0) is 9.59 Å². The number of phenolic OH excluding ortho intramolecular Hbond substituents is 2. The maximum atomic E-state index is 14.9. The molecular formula is C101H75Cl3F4IN13O7S7. The molecular weight excluding hydrogens is 2040 g/mol. The molecule has 11 aromatic rings. The third-order valence-corrected chi connectivity index (χ3v) is 35.8. The summed E-state index contributed by atoms with van der Waals surface area (Å²) in [5.74, 6) is -13.3. The molecule has 0 spiro atoms. The Kier molecular flexibility index (Phi) is 24.9. The Balaban J connectivity index is 0.000000106. The molecule has 0 amide bonds. The Bertz CT molecular complexity index is 7760. The normalized spacial score (nSPS) is 22.9. The van der Waals surface area contributed by atoms with Crippen molar-refractivity contribution in [3.8, 4) is 22.1 Å². The van der Waals surface area contributed by atoms with Crippen molar-refractivity contribution in [2.75, 3.05) is 54.4 Å². The van der Waals surface area contributed by atoms with Crippen molar-refractivity contribution in [2.24, 2.45) is 23.7 Å². The molecule has 0 radical (unpaired) electrons. The quantitative estimate of drug-likeness (QED) is 0.0112. The minimum absolute atomic E-state index is 0.0125. The summed E-state index contributed by atoms with van der Waals surface area (Å²) < 4.78 is 62.4. The second-order valence-corrected chi connectivity index (χ2v) is 42.5. The Morgan fingerprint density at radius 2 is 0.735 bits per heavy atom. The number of nitrogens with two attached hydrogens (primary N) is 2. The van der Waals surface area contributed by atoms with Gasteiger partial charge in [-0.15, -0.1) is 81.1 Å². The first-order chi connectivity index (χ1) is 65.6. The number of aromatic nitrogens is 3. The summed E-state index contributed by atoms with van der Waals surface area (Å²) in [7, 11) is 7.80. The highest BCUT2D eigenvalue weighted by atomic mass is 127. The fourth-order valence-electron chi connectivity index (χ4n) is 18.9. The number of para-hydroxylation sites is 3. The minimum Gasteiger partial charge on any atom is -0.506 e. The summed E-state index contributed by atoms with van der Waals surface area (Å²) in [5, 5.41) is 55.8. The number of fused-ring (bicyclic) bond motifs is 25. The Hall–Kier alpha value is -11.5. The first-order valence-electron chi connectivity index (χ1n) is 42.6. The first-order valence-corrected chi connectivity index (χ1v) is 51.8. The fourth-order valence-corrected chi connectivity index (χ4v) is 28.5. The number of hydrogen-bond donors (Lipinski definition) is 10. The number of allylic oxidation sites excluding steroid dienone is 14. The predicted octanol–water partition coefficient (Wildman–Crippen LogP) is 21.3. The number of benzene rings is 10. The molecule has 0 bridgehead atoms. The van der Waals surface area contributed by atoms with Gasteiger partial charge < -0.3 is 63.6 Å². The van der Waals surface area contributed by atoms with Gasteiger partial charge in [0.15, 0.2) is 46.4 Å². The van der Waals surface area contributed by atoms with Gasteiger partial charge in [-0.3, -0.25) is 24.0 Å². The molecule has 0 fully saturated rings. The number of halogens is 8. The van der Waals surface area contributed by atoms with Crippen LogP contribution in [0.3, 0.4) is 0 Å². The minimum atomic E-state index is -2.10. The largest absolute Gasteiger partial charge is 0.506 e. The van der Waals surface area contributed by atoms with Gasteiger partial charge in [-0.2, -0.15) is 0 Å². The molecule has 7 heterocycles. The van der Waals surface area contributed by atoms with Crippen LogP contribution in [0.25, 0.3) is 94.0 Å². The molecule has 136 heavy (non-hydrogen) atoms. The summed E-state index contributed by atoms with van der Waals surface area (Å²) in [5.41, 5.74) is 20.0. The van der Waals surface area contributed by atoms with Gasteiger partial charge in [-0.05, 0) is 89.9 Å². The molecule has 0 saturated heterocycles. The molecule has 5 aliphatic heterocycles. The van der Waals surface area contributed by atoms with Crippen molar-refractivity contribution in [1.82, 2.24) is 36.2 Å². The molecule has 12 atom stereocenters. The topological polar surface area (TPSA) is 319 Å². The van der Waals surface area contributed by atoms with Crippen molar-refractivity contribution < 1.29 is 47.0 Å². The van der Waals surface area contributed by atoms with Crippen LogP contribution in [0.4, 0.5) is 40.3 Å². The molecule has 35 heteroatoms. The number of aromatic hydroxyl groups is 2. The molecule has 2 aromatic heterocycles. The molecule has 684 valence electrons. The highest BCUT2D eigenvalue weighted by Gasteiger charge is 2.57. The SMILES string of the molecule is CI.CN(C)c1ccc(N(C)C)c2c(=O)c(Cl)c3sc4ccccc4nc-3c12.N=c1ccc(N)c2c1c(O)c(Cl)c1sc3ccccc3nc12.N=c1ccc(N)c2c1c(O)c(Cl)c1sc3ccccc3nc12.O=C1C=CC(=O)C2C3=C(SC4C=CC=CC4N3)C3=C(NC4C=CC=CC4S3)C12.O=C1c2c(F)c(F)c(F)c(F)c2C(=O)C2C3=C(SC4C=CC=CC4N3)C3=C(NC4C=CC=CC4S3)C12. The second-order valence-electron chi connectivity index (χ2n) is 33.4. The first kappa shape index (κ1) is 92.2. The number of phenols is 2. The average Bonchev–Trinajstić information content (AvgIpc) is 0.693. The third-order valence-electron chi connectivity index (χ3n) is 25.1. The lowest BCUT2D eigenvalue weighted by atomic mass is 9.68. The monoisotopic (exact) mass is 2110 g/mol. The van der Waals surface area contributed by atoms with Crippen molar-refractivity contribution in [3.05, 3.63) is 331 Å². The number of anilines is 4. The molecule has 0 saturated carbocycles. The van der Waals surface area contributed by atoms with E-state index in [0.717, 1.165) is 89.0 Å². The van der Waals surface area contributed by atoms with Gasteiger partial charge in [0, 0.05) is 110 Å². The molecule has 9 aromatic carbocycles. The van der Waals surface area contributed by atoms with Crippen LogP contribution in [0.1, 0.15) is 20.7 Å². The van der Waals surface area contributed by atoms with Gasteiger partial charge in [-0.1, -0.05) is 191 Å². The number of thioether (sulfide) groups is 4. The summed E-state index contributed by atoms with van der Waals surface area (Å²) in [6.07, 6.45) is 35.4. The lowest BCUT2D eigenvalue weighted by Crippen LogP contribution is -2.54. The van der Waals surface area contributed by atoms with E-state index in [-0.39, 0.29) is 88.9 Å². The molecule has 12 N–H and O–H groups in total. The number of carbonyl (C=O) groups is 4. The molecule has 20 nitrogen and oxygen atoms in total. The van der Waals surface area contributed by atoms with Crippen LogP contribution in [0, 0.1) is 57.8 Å². The number of alkyl halides is 1. The smallest absolute Gasteiger partial charge is 0.208 e. The van der Waals surface area contributed by atoms with Gasteiger partial charge in [0.2, 0.25) is 5.43 Å². The van der Waals surface area contributed by atoms with E-state index in [0.29, 0.717) is 80.6 Å². The molecule has 14 aliphatic rings. The van der Waals surface area contributed by atoms with Crippen LogP contribution in [0.5, 0.6) is 11.5 Å². The van der Waals surface area contributed by atoms with Crippen molar-refractivity contribution in [1.29, 1.82) is 10.8 Å². The number of hydrogen-bond acceptors (Lipinski definition) is 27. The number of Topliss-reactive ketones (excluding diaryl/α,β-unsaturated/α-hetero) is 2. The van der Waals surface area contributed by atoms with Gasteiger partial charge >= 0.3 is 0 Å². The highest BCUT2D eigenvalue weighted by molar-refractivity contribution is 14.1. The lowest BCUT2D eigenvalue weighted by Gasteiger charge is -2.48. The zero-order chi connectivity index (χ0) is 95.2. The highest BCUT2D eigenvalue weighted by Crippen LogP contribution is 2.59. The van der Waals surface area contributed by atoms with Gasteiger partial charge in [0.05, 0.1) is 168 Å². The summed E-state index contributed by atoms with van der Waals surface area (Å²) in [6, 6.07) is 33.7. The van der Waals surface area contributed by atoms with E-state index in [1.165, 1.54) is 69.7 Å². The van der Waals surface area contributed by atoms with Crippen LogP contribution in [0.2, 0.25) is 15.1 Å². The van der Waals surface area contributed by atoms with Crippen LogP contribution < -0.4 is 58.7 Å². The third kappa shape index (κ3) is 15.5. The average molecular weight is 2120 g/mol. The van der Waals surface area contributed by atoms with Crippen molar-refractivity contribution >= 4 is 268 Å². The lowest BCUT2D eigenvalue weighted by molar-refractivity contribution is -0.127. The maximum Gasteiger partial charge on any atom is 0.208 e. The Labute approximate surface area is 830 Å². The number of nitrogen functional groups attached to an aromatic ring is 2. The Morgan fingerprint density at radius 1 is 0.404 bits per heavy atom. The number of nitrogens with zero attached hydrogens (tertiary/aromatic N) is 5. The van der Waals surface area contributed by atoms with Gasteiger partial charge in [-0.25, -0.2) is 32.5 Å². The van der Waals surface area contributed by atoms with Gasteiger partial charge in [0.1, 0.15) is 26.6 Å². The van der Waals surface area contributed by atoms with E-state index >= 15 is 0 Å². The second kappa shape index (κ2) is 36.7. The number of carbonyl (C=O) groups excluding carboxylic acids is 4. The summed E-state index contributed by atoms with van der Waals surface area (Å²) >= 11 is 32.4. The number of rotatable bonds is 2. The standard InChI is InChI=1S/C26H16F4N2O2S2.C22H18N2O2S2.C20H18ClN3OS.2C16H10ClN3OS.CH3I/c27-17-13-14(18(28)20(30)19(17)29)24(34)16-15(23(13)33)21-25(35-11-7-3-1-5-9(11)31-21)26-22(16)32-10-6-2-4-8-12(10)36-26;25-13-9-10-14(26)18-17(13)19-21(27-15-7-3-1-5-11(15)23-19)22-20(18)24-12-6-2-4-8-16(12)28-22;1-23(2)12-9-10-13(24(3)4)16-15(12)18-20(17(21)19(16)25)26-14-8-6-5-7-11(14)22-18;2*17-13-15(21)12-8(19)6-5-7(18)11(12)14-16(13)22-10-4-2-1-3-9(10)20-14;1-2/h1-12,15-16,31-32H;1-12,15-18,23-24H;5-10H,1-4H3;2*1-6,19,21H,18H2;1H3. The van der Waals surface area contributed by atoms with Crippen LogP contribution >= 0.6 is 138 Å². The molecule has 12 unspecified atom stereocenters. The van der Waals surface area contributed by atoms with Crippen molar-refractivity contribution in [2.45, 2.75) is 45.2 Å². The van der Waals surface area contributed by atoms with E-state index in [1.54, 1.807) is 24.3 Å². The van der Waals surface area contributed by atoms with E-state index in [4.69, 9.17) is 62.1 Å². The van der Waals surface area contributed by atoms with Crippen LogP contribution in [-0.4, -0.2) is 127 Å². The Morgan fingerprint density at radius 3 is 1.10 bits per heavy atom. The summed E-state index contributed by atoms with van der Waals surface area (Å²) in [6.45, 7) is 0. The van der Waals surface area contributed by atoms with E-state index in [2.05, 4.69) is 90.3 Å². The maximum absolute atomic E-state index is 14.9. The summed E-state index contributed by atoms with van der Waals surface area (Å²) in [4.78, 5) is 91.2. The van der Waals surface area contributed by atoms with Gasteiger partial charge in [0.25, 0.3) is 0 Å². The zero-order valence-electron chi connectivity index (χ0n) is 71.9. The fraction of sp³-hybridized carbons (Fsp3) is 0.168. The van der Waals surface area contributed by atoms with E-state index in [9.17, 15) is 51.7 Å². The number of nitrogens with one attached hydrogen (secondary N) is 6. The zero-order valence-corrected chi connectivity index (χ0v) is 82.1. The van der Waals surface area contributed by atoms with Crippen molar-refractivity contribution in [3.63, 3.8) is 0 Å². The van der Waals surface area contributed by atoms with E-state index in [1.807, 2.05) is 212 Å². The van der Waals surface area contributed by atoms with Crippen LogP contribution in [0.15, 0.2) is 266 Å². The number of ketones is 4.